The molecule has 3 aromatic carbocycles. The lowest BCUT2D eigenvalue weighted by molar-refractivity contribution is -0.0143. The average molecular weight is 486 g/mol. The van der Waals surface area contributed by atoms with Crippen LogP contribution in [0.25, 0.3) is 0 Å². The normalized spacial score (nSPS) is 16.7. The molecule has 1 aliphatic heterocycles. The van der Waals surface area contributed by atoms with Gasteiger partial charge in [0.2, 0.25) is 0 Å². The molecule has 1 aliphatic rings. The van der Waals surface area contributed by atoms with E-state index in [1.807, 2.05) is 36.4 Å². The van der Waals surface area contributed by atoms with Crippen molar-refractivity contribution in [2.45, 2.75) is 63.4 Å². The van der Waals surface area contributed by atoms with Crippen LogP contribution in [0, 0.1) is 5.92 Å². The van der Waals surface area contributed by atoms with Crippen LogP contribution in [0.2, 0.25) is 0 Å². The van der Waals surface area contributed by atoms with Gasteiger partial charge in [-0.3, -0.25) is 0 Å². The lowest BCUT2D eigenvalue weighted by atomic mass is 9.72. The quantitative estimate of drug-likeness (QED) is 0.345. The number of piperidine rings is 1. The number of benzene rings is 3. The van der Waals surface area contributed by atoms with Crippen molar-refractivity contribution in [1.82, 2.24) is 4.90 Å². The van der Waals surface area contributed by atoms with E-state index in [-0.39, 0.29) is 17.9 Å². The maximum absolute atomic E-state index is 12.1. The van der Waals surface area contributed by atoms with Crippen LogP contribution in [0.5, 0.6) is 0 Å². The maximum Gasteiger partial charge on any atom is 0.117 e. The molecule has 1 heterocycles. The molecule has 3 heteroatoms. The first-order chi connectivity index (χ1) is 17.3. The Morgan fingerprint density at radius 3 is 1.83 bits per heavy atom. The number of aliphatic hydroxyl groups excluding tert-OH is 1. The fourth-order valence-corrected chi connectivity index (χ4v) is 5.74. The monoisotopic (exact) mass is 485 g/mol. The van der Waals surface area contributed by atoms with E-state index in [1.54, 1.807) is 0 Å². The Kier molecular flexibility index (Phi) is 8.66. The van der Waals surface area contributed by atoms with Gasteiger partial charge in [-0.25, -0.2) is 0 Å². The van der Waals surface area contributed by atoms with Crippen molar-refractivity contribution in [3.05, 3.63) is 107 Å². The van der Waals surface area contributed by atoms with Gasteiger partial charge in [0.05, 0.1) is 6.61 Å². The van der Waals surface area contributed by atoms with Gasteiger partial charge < -0.3 is 15.1 Å². The minimum atomic E-state index is -0.945. The maximum atomic E-state index is 12.1. The summed E-state index contributed by atoms with van der Waals surface area (Å²) in [6, 6.07) is 29.2. The molecule has 0 aliphatic carbocycles. The van der Waals surface area contributed by atoms with E-state index in [4.69, 9.17) is 0 Å². The van der Waals surface area contributed by atoms with Gasteiger partial charge in [0.15, 0.2) is 0 Å². The van der Waals surface area contributed by atoms with E-state index >= 15 is 0 Å². The molecule has 0 bridgehead atoms. The fourth-order valence-electron chi connectivity index (χ4n) is 5.74. The highest BCUT2D eigenvalue weighted by molar-refractivity contribution is 5.37. The second-order valence-electron chi connectivity index (χ2n) is 11.3. The molecular weight excluding hydrogens is 442 g/mol. The smallest absolute Gasteiger partial charge is 0.117 e. The van der Waals surface area contributed by atoms with Gasteiger partial charge in [0.1, 0.15) is 5.60 Å². The topological polar surface area (TPSA) is 43.7 Å². The summed E-state index contributed by atoms with van der Waals surface area (Å²) in [5.74, 6) is 0.731. The Labute approximate surface area is 217 Å². The predicted molar refractivity (Wildman–Crippen MR) is 149 cm³/mol. The third-order valence-electron chi connectivity index (χ3n) is 8.37. The van der Waals surface area contributed by atoms with E-state index in [2.05, 4.69) is 74.2 Å². The molecule has 4 rings (SSSR count). The first-order valence-electron chi connectivity index (χ1n) is 13.6. The fraction of sp³-hybridized carbons (Fsp3) is 0.455. The van der Waals surface area contributed by atoms with Gasteiger partial charge in [-0.1, -0.05) is 106 Å². The Balaban J connectivity index is 1.31. The molecule has 0 aromatic heterocycles. The van der Waals surface area contributed by atoms with Crippen molar-refractivity contribution < 1.29 is 10.2 Å². The summed E-state index contributed by atoms with van der Waals surface area (Å²) in [5, 5.41) is 21.7. The highest BCUT2D eigenvalue weighted by atomic mass is 16.3. The van der Waals surface area contributed by atoms with Crippen LogP contribution in [-0.2, 0) is 11.0 Å². The van der Waals surface area contributed by atoms with Crippen molar-refractivity contribution in [2.24, 2.45) is 5.92 Å². The molecule has 1 fully saturated rings. The Morgan fingerprint density at radius 2 is 1.33 bits per heavy atom. The summed E-state index contributed by atoms with van der Waals surface area (Å²) in [4.78, 5) is 2.58. The molecule has 36 heavy (non-hydrogen) atoms. The minimum Gasteiger partial charge on any atom is -0.395 e. The third-order valence-corrected chi connectivity index (χ3v) is 8.37. The molecule has 1 unspecified atom stereocenters. The summed E-state index contributed by atoms with van der Waals surface area (Å²) in [7, 11) is 0. The molecule has 3 aromatic rings. The van der Waals surface area contributed by atoms with E-state index in [1.165, 1.54) is 24.0 Å². The van der Waals surface area contributed by atoms with Gasteiger partial charge >= 0.3 is 0 Å². The van der Waals surface area contributed by atoms with Crippen LogP contribution in [0.15, 0.2) is 84.9 Å². The van der Waals surface area contributed by atoms with Gasteiger partial charge in [0.25, 0.3) is 0 Å². The largest absolute Gasteiger partial charge is 0.395 e. The number of hydrogen-bond acceptors (Lipinski definition) is 3. The van der Waals surface area contributed by atoms with E-state index in [0.29, 0.717) is 5.92 Å². The molecule has 3 nitrogen and oxygen atoms in total. The molecular formula is C33H43NO2. The zero-order valence-electron chi connectivity index (χ0n) is 22.2. The molecule has 2 N–H and O–H groups in total. The lowest BCUT2D eigenvalue weighted by Gasteiger charge is -2.42. The first kappa shape index (κ1) is 26.6. The van der Waals surface area contributed by atoms with Crippen LogP contribution >= 0.6 is 0 Å². The second-order valence-corrected chi connectivity index (χ2v) is 11.3. The van der Waals surface area contributed by atoms with E-state index < -0.39 is 5.60 Å². The SMILES string of the molecule is CC(CCCN1CCC(C(O)(c2ccccc2)c2ccccc2)CC1)c1ccc(C(C)(C)CO)cc1. The molecule has 1 atom stereocenters. The number of rotatable bonds is 10. The Hall–Kier alpha value is -2.46. The number of hydrogen-bond donors (Lipinski definition) is 2. The summed E-state index contributed by atoms with van der Waals surface area (Å²) < 4.78 is 0. The molecule has 0 saturated carbocycles. The molecule has 1 saturated heterocycles. The first-order valence-corrected chi connectivity index (χ1v) is 13.6. The van der Waals surface area contributed by atoms with E-state index in [9.17, 15) is 10.2 Å². The standard InChI is InChI=1S/C33H43NO2/c1-26(27-16-18-28(19-17-27)32(2,3)25-35)11-10-22-34-23-20-31(21-24-34)33(36,29-12-6-4-7-13-29)30-14-8-5-9-15-30/h4-9,12-19,26,31,35-36H,10-11,20-25H2,1-3H3. The molecule has 0 amide bonds. The third kappa shape index (κ3) is 5.91. The van der Waals surface area contributed by atoms with Gasteiger partial charge in [-0.05, 0) is 79.4 Å². The Morgan fingerprint density at radius 1 is 0.806 bits per heavy atom. The molecule has 0 spiro atoms. The number of likely N-dealkylation sites (tertiary alicyclic amines) is 1. The molecule has 0 radical (unpaired) electrons. The Bertz CT molecular complexity index is 1010. The van der Waals surface area contributed by atoms with Crippen molar-refractivity contribution in [3.8, 4) is 0 Å². The van der Waals surface area contributed by atoms with Gasteiger partial charge in [-0.15, -0.1) is 0 Å². The highest BCUT2D eigenvalue weighted by Crippen LogP contribution is 2.42. The predicted octanol–water partition coefficient (Wildman–Crippen LogP) is 6.49. The zero-order chi connectivity index (χ0) is 25.6. The molecule has 192 valence electrons. The van der Waals surface area contributed by atoms with Crippen molar-refractivity contribution in [1.29, 1.82) is 0 Å². The van der Waals surface area contributed by atoms with Crippen molar-refractivity contribution in [3.63, 3.8) is 0 Å². The highest BCUT2D eigenvalue weighted by Gasteiger charge is 2.41. The lowest BCUT2D eigenvalue weighted by Crippen LogP contribution is -2.44. The van der Waals surface area contributed by atoms with Crippen LogP contribution in [0.1, 0.15) is 74.6 Å². The van der Waals surface area contributed by atoms with Crippen LogP contribution < -0.4 is 0 Å². The van der Waals surface area contributed by atoms with Crippen LogP contribution in [0.4, 0.5) is 0 Å². The zero-order valence-corrected chi connectivity index (χ0v) is 22.2. The van der Waals surface area contributed by atoms with Gasteiger partial charge in [-0.2, -0.15) is 0 Å². The number of nitrogens with zero attached hydrogens (tertiary/aromatic N) is 1. The van der Waals surface area contributed by atoms with E-state index in [0.717, 1.165) is 43.6 Å². The average Bonchev–Trinajstić information content (AvgIpc) is 2.94. The second kappa shape index (κ2) is 11.7. The minimum absolute atomic E-state index is 0.159. The van der Waals surface area contributed by atoms with Crippen molar-refractivity contribution >= 4 is 0 Å². The summed E-state index contributed by atoms with van der Waals surface area (Å²) in [6.45, 7) is 9.81. The van der Waals surface area contributed by atoms with Crippen LogP contribution in [-0.4, -0.2) is 41.4 Å². The van der Waals surface area contributed by atoms with Crippen LogP contribution in [0.3, 0.4) is 0 Å². The van der Waals surface area contributed by atoms with Crippen molar-refractivity contribution in [2.75, 3.05) is 26.2 Å². The summed E-state index contributed by atoms with van der Waals surface area (Å²) in [5.41, 5.74) is 3.42. The van der Waals surface area contributed by atoms with Gasteiger partial charge in [0, 0.05) is 5.41 Å². The summed E-state index contributed by atoms with van der Waals surface area (Å²) in [6.07, 6.45) is 4.34. The summed E-state index contributed by atoms with van der Waals surface area (Å²) >= 11 is 0. The number of aliphatic hydroxyl groups is 2.